The molecule has 0 spiro atoms. The zero-order chi connectivity index (χ0) is 11.3. The Kier molecular flexibility index (Phi) is 5.53. The van der Waals surface area contributed by atoms with Gasteiger partial charge in [0.15, 0.2) is 0 Å². The first kappa shape index (κ1) is 12.9. The second kappa shape index (κ2) is 6.43. The highest BCUT2D eigenvalue weighted by atomic mass is 79.9. The van der Waals surface area contributed by atoms with Gasteiger partial charge in [-0.3, -0.25) is 0 Å². The van der Waals surface area contributed by atoms with Gasteiger partial charge in [-0.05, 0) is 6.42 Å². The van der Waals surface area contributed by atoms with Gasteiger partial charge >= 0.3 is 0 Å². The molecule has 5 heteroatoms. The fourth-order valence-corrected chi connectivity index (χ4v) is 2.55. The van der Waals surface area contributed by atoms with Gasteiger partial charge in [-0.15, -0.1) is 0 Å². The molecule has 1 heterocycles. The second-order valence-electron chi connectivity index (χ2n) is 3.77. The van der Waals surface area contributed by atoms with E-state index in [1.807, 2.05) is 0 Å². The molecule has 0 unspecified atom stereocenters. The van der Waals surface area contributed by atoms with Gasteiger partial charge in [0, 0.05) is 35.9 Å². The number of halogens is 1. The van der Waals surface area contributed by atoms with Crippen LogP contribution in [0, 0.1) is 0 Å². The lowest BCUT2D eigenvalue weighted by Crippen LogP contribution is -2.26. The zero-order valence-corrected chi connectivity index (χ0v) is 11.9. The van der Waals surface area contributed by atoms with Crippen LogP contribution >= 0.6 is 27.5 Å². The summed E-state index contributed by atoms with van der Waals surface area (Å²) in [6.45, 7) is 8.49. The first-order chi connectivity index (χ1) is 7.19. The SMILES string of the molecule is CCCN(CCBr)c1nc(C(C)C)ns1. The summed E-state index contributed by atoms with van der Waals surface area (Å²) in [6.07, 6.45) is 1.14. The quantitative estimate of drug-likeness (QED) is 0.753. The van der Waals surface area contributed by atoms with Gasteiger partial charge in [-0.2, -0.15) is 4.37 Å². The van der Waals surface area contributed by atoms with Crippen molar-refractivity contribution in [2.24, 2.45) is 0 Å². The summed E-state index contributed by atoms with van der Waals surface area (Å²) in [5, 5.41) is 2.03. The molecule has 0 N–H and O–H groups in total. The Balaban J connectivity index is 2.72. The molecule has 1 aromatic heterocycles. The Morgan fingerprint density at radius 1 is 1.40 bits per heavy atom. The first-order valence-electron chi connectivity index (χ1n) is 5.33. The number of aromatic nitrogens is 2. The van der Waals surface area contributed by atoms with Gasteiger partial charge in [0.25, 0.3) is 0 Å². The van der Waals surface area contributed by atoms with Crippen molar-refractivity contribution in [1.82, 2.24) is 9.36 Å². The van der Waals surface area contributed by atoms with Gasteiger partial charge in [-0.1, -0.05) is 36.7 Å². The highest BCUT2D eigenvalue weighted by molar-refractivity contribution is 9.09. The summed E-state index contributed by atoms with van der Waals surface area (Å²) in [5.74, 6) is 1.38. The zero-order valence-electron chi connectivity index (χ0n) is 9.53. The van der Waals surface area contributed by atoms with E-state index in [0.29, 0.717) is 5.92 Å². The maximum atomic E-state index is 4.56. The Morgan fingerprint density at radius 2 is 2.13 bits per heavy atom. The van der Waals surface area contributed by atoms with Gasteiger partial charge in [0.2, 0.25) is 5.13 Å². The minimum atomic E-state index is 0.419. The molecule has 1 rings (SSSR count). The molecule has 0 radical (unpaired) electrons. The lowest BCUT2D eigenvalue weighted by molar-refractivity contribution is 0.768. The van der Waals surface area contributed by atoms with E-state index in [2.05, 4.69) is 51.0 Å². The predicted octanol–water partition coefficient (Wildman–Crippen LogP) is 3.27. The highest BCUT2D eigenvalue weighted by Gasteiger charge is 2.12. The monoisotopic (exact) mass is 291 g/mol. The molecule has 0 aromatic carbocycles. The van der Waals surface area contributed by atoms with E-state index < -0.39 is 0 Å². The third kappa shape index (κ3) is 3.72. The number of anilines is 1. The Hall–Kier alpha value is -0.160. The Bertz CT molecular complexity index is 282. The van der Waals surface area contributed by atoms with E-state index in [0.717, 1.165) is 35.8 Å². The third-order valence-corrected chi connectivity index (χ3v) is 3.21. The standard InChI is InChI=1S/C10H18BrN3S/c1-4-6-14(7-5-11)10-12-9(8(2)3)13-15-10/h8H,4-7H2,1-3H3. The molecule has 0 fully saturated rings. The minimum absolute atomic E-state index is 0.419. The van der Waals surface area contributed by atoms with Crippen molar-refractivity contribution in [3.05, 3.63) is 5.82 Å². The Morgan fingerprint density at radius 3 is 2.60 bits per heavy atom. The number of hydrogen-bond acceptors (Lipinski definition) is 4. The van der Waals surface area contributed by atoms with Gasteiger partial charge in [0.05, 0.1) is 0 Å². The summed E-state index contributed by atoms with van der Waals surface area (Å²) in [7, 11) is 0. The average molecular weight is 292 g/mol. The van der Waals surface area contributed by atoms with Crippen molar-refractivity contribution < 1.29 is 0 Å². The van der Waals surface area contributed by atoms with Crippen molar-refractivity contribution in [1.29, 1.82) is 0 Å². The molecule has 0 amide bonds. The van der Waals surface area contributed by atoms with Crippen LogP contribution in [0.5, 0.6) is 0 Å². The van der Waals surface area contributed by atoms with Crippen LogP contribution in [0.3, 0.4) is 0 Å². The molecule has 1 aromatic rings. The third-order valence-electron chi connectivity index (χ3n) is 2.07. The fraction of sp³-hybridized carbons (Fsp3) is 0.800. The lowest BCUT2D eigenvalue weighted by Gasteiger charge is -2.18. The lowest BCUT2D eigenvalue weighted by atomic mass is 10.2. The summed E-state index contributed by atoms with van der Waals surface area (Å²) in [5.41, 5.74) is 0. The van der Waals surface area contributed by atoms with E-state index in [4.69, 9.17) is 0 Å². The molecule has 15 heavy (non-hydrogen) atoms. The fourth-order valence-electron chi connectivity index (χ4n) is 1.26. The molecule has 0 aliphatic rings. The highest BCUT2D eigenvalue weighted by Crippen LogP contribution is 2.21. The van der Waals surface area contributed by atoms with Crippen LogP contribution in [0.1, 0.15) is 38.9 Å². The maximum absolute atomic E-state index is 4.56. The van der Waals surface area contributed by atoms with Crippen LogP contribution in [-0.4, -0.2) is 27.8 Å². The number of hydrogen-bond donors (Lipinski definition) is 0. The van der Waals surface area contributed by atoms with E-state index >= 15 is 0 Å². The van der Waals surface area contributed by atoms with E-state index in [1.54, 1.807) is 0 Å². The van der Waals surface area contributed by atoms with Crippen LogP contribution in [0.15, 0.2) is 0 Å². The summed E-state index contributed by atoms with van der Waals surface area (Å²) >= 11 is 4.98. The largest absolute Gasteiger partial charge is 0.346 e. The van der Waals surface area contributed by atoms with Crippen LogP contribution in [0.2, 0.25) is 0 Å². The second-order valence-corrected chi connectivity index (χ2v) is 5.29. The van der Waals surface area contributed by atoms with Crippen molar-refractivity contribution in [2.45, 2.75) is 33.1 Å². The van der Waals surface area contributed by atoms with Gasteiger partial charge in [0.1, 0.15) is 5.82 Å². The van der Waals surface area contributed by atoms with Crippen LogP contribution in [0.25, 0.3) is 0 Å². The van der Waals surface area contributed by atoms with E-state index in [-0.39, 0.29) is 0 Å². The van der Waals surface area contributed by atoms with Crippen LogP contribution < -0.4 is 4.90 Å². The summed E-state index contributed by atoms with van der Waals surface area (Å²) < 4.78 is 4.37. The number of rotatable bonds is 6. The molecule has 0 saturated heterocycles. The van der Waals surface area contributed by atoms with Crippen LogP contribution in [0.4, 0.5) is 5.13 Å². The summed E-state index contributed by atoms with van der Waals surface area (Å²) in [4.78, 5) is 6.85. The molecular formula is C10H18BrN3S. The molecule has 0 aliphatic carbocycles. The molecule has 0 aliphatic heterocycles. The normalized spacial score (nSPS) is 11.0. The molecule has 0 bridgehead atoms. The number of alkyl halides is 1. The van der Waals surface area contributed by atoms with Crippen molar-refractivity contribution in [2.75, 3.05) is 23.3 Å². The first-order valence-corrected chi connectivity index (χ1v) is 7.23. The maximum Gasteiger partial charge on any atom is 0.205 e. The van der Waals surface area contributed by atoms with Gasteiger partial charge < -0.3 is 4.90 Å². The predicted molar refractivity (Wildman–Crippen MR) is 70.3 cm³/mol. The van der Waals surface area contributed by atoms with Crippen molar-refractivity contribution >= 4 is 32.6 Å². The summed E-state index contributed by atoms with van der Waals surface area (Å²) in [6, 6.07) is 0. The molecule has 0 saturated carbocycles. The molecular weight excluding hydrogens is 274 g/mol. The van der Waals surface area contributed by atoms with Crippen molar-refractivity contribution in [3.63, 3.8) is 0 Å². The number of nitrogens with zero attached hydrogens (tertiary/aromatic N) is 3. The minimum Gasteiger partial charge on any atom is -0.346 e. The molecule has 86 valence electrons. The van der Waals surface area contributed by atoms with Crippen molar-refractivity contribution in [3.8, 4) is 0 Å². The van der Waals surface area contributed by atoms with Gasteiger partial charge in [-0.25, -0.2) is 4.98 Å². The van der Waals surface area contributed by atoms with E-state index in [9.17, 15) is 0 Å². The Labute approximate surface area is 104 Å². The van der Waals surface area contributed by atoms with E-state index in [1.165, 1.54) is 11.5 Å². The topological polar surface area (TPSA) is 29.0 Å². The average Bonchev–Trinajstić information content (AvgIpc) is 2.66. The van der Waals surface area contributed by atoms with Crippen LogP contribution in [-0.2, 0) is 0 Å². The smallest absolute Gasteiger partial charge is 0.205 e. The molecule has 3 nitrogen and oxygen atoms in total. The molecule has 0 atom stereocenters.